The number of hydrogen-bond donors (Lipinski definition) is 2. The molecule has 1 aliphatic heterocycles. The molecule has 1 atom stereocenters. The number of aliphatic hydroxyl groups excluding tert-OH is 1. The third-order valence-corrected chi connectivity index (χ3v) is 4.14. The van der Waals surface area contributed by atoms with Crippen LogP contribution in [0.25, 0.3) is 0 Å². The van der Waals surface area contributed by atoms with Crippen LogP contribution in [0.1, 0.15) is 37.9 Å². The van der Waals surface area contributed by atoms with E-state index >= 15 is 0 Å². The summed E-state index contributed by atoms with van der Waals surface area (Å²) in [6.07, 6.45) is 2.16. The van der Waals surface area contributed by atoms with Gasteiger partial charge >= 0.3 is 0 Å². The second kappa shape index (κ2) is 6.75. The standard InChI is InChI=1S/C16H24N2O2/c1-3-15(19)12-4-6-14(7-5-12)18-10-8-13(9-11-18)16(20)17-2/h4-7,13,15,19H,3,8-11H2,1-2H3,(H,17,20)/t15-/m0/s1. The summed E-state index contributed by atoms with van der Waals surface area (Å²) in [5, 5.41) is 12.5. The molecular weight excluding hydrogens is 252 g/mol. The van der Waals surface area contributed by atoms with Crippen molar-refractivity contribution in [3.63, 3.8) is 0 Å². The van der Waals surface area contributed by atoms with Gasteiger partial charge in [0.1, 0.15) is 0 Å². The van der Waals surface area contributed by atoms with Gasteiger partial charge in [-0.3, -0.25) is 4.79 Å². The van der Waals surface area contributed by atoms with Crippen LogP contribution >= 0.6 is 0 Å². The van der Waals surface area contributed by atoms with Crippen molar-refractivity contribution in [3.8, 4) is 0 Å². The molecule has 4 heteroatoms. The number of aliphatic hydroxyl groups is 1. The van der Waals surface area contributed by atoms with Gasteiger partial charge in [0.05, 0.1) is 6.10 Å². The van der Waals surface area contributed by atoms with Gasteiger partial charge in [-0.05, 0) is 37.0 Å². The van der Waals surface area contributed by atoms with Gasteiger partial charge in [-0.1, -0.05) is 19.1 Å². The molecule has 0 radical (unpaired) electrons. The van der Waals surface area contributed by atoms with Gasteiger partial charge in [-0.15, -0.1) is 0 Å². The summed E-state index contributed by atoms with van der Waals surface area (Å²) in [6, 6.07) is 8.12. The summed E-state index contributed by atoms with van der Waals surface area (Å²) in [6.45, 7) is 3.80. The Balaban J connectivity index is 1.95. The fraction of sp³-hybridized carbons (Fsp3) is 0.562. The topological polar surface area (TPSA) is 52.6 Å². The van der Waals surface area contributed by atoms with E-state index in [0.29, 0.717) is 0 Å². The van der Waals surface area contributed by atoms with Crippen LogP contribution in [0.4, 0.5) is 5.69 Å². The fourth-order valence-corrected chi connectivity index (χ4v) is 2.75. The maximum atomic E-state index is 11.6. The van der Waals surface area contributed by atoms with Crippen molar-refractivity contribution in [1.82, 2.24) is 5.32 Å². The zero-order chi connectivity index (χ0) is 14.5. The highest BCUT2D eigenvalue weighted by atomic mass is 16.3. The van der Waals surface area contributed by atoms with Gasteiger partial charge in [-0.25, -0.2) is 0 Å². The van der Waals surface area contributed by atoms with E-state index in [1.807, 2.05) is 19.1 Å². The number of nitrogens with one attached hydrogen (secondary N) is 1. The van der Waals surface area contributed by atoms with Crippen LogP contribution in [0, 0.1) is 5.92 Å². The van der Waals surface area contributed by atoms with E-state index < -0.39 is 0 Å². The van der Waals surface area contributed by atoms with Crippen LogP contribution < -0.4 is 10.2 Å². The molecule has 0 saturated carbocycles. The van der Waals surface area contributed by atoms with Crippen molar-refractivity contribution in [2.75, 3.05) is 25.0 Å². The average Bonchev–Trinajstić information content (AvgIpc) is 2.53. The third-order valence-electron chi connectivity index (χ3n) is 4.14. The molecule has 0 spiro atoms. The SMILES string of the molecule is CC[C@H](O)c1ccc(N2CCC(C(=O)NC)CC2)cc1. The smallest absolute Gasteiger partial charge is 0.222 e. The minimum absolute atomic E-state index is 0.150. The van der Waals surface area contributed by atoms with Gasteiger partial charge in [0.15, 0.2) is 0 Å². The predicted molar refractivity (Wildman–Crippen MR) is 80.7 cm³/mol. The highest BCUT2D eigenvalue weighted by Gasteiger charge is 2.24. The number of hydrogen-bond acceptors (Lipinski definition) is 3. The Kier molecular flexibility index (Phi) is 5.01. The normalized spacial score (nSPS) is 17.9. The molecule has 0 bridgehead atoms. The number of amides is 1. The molecular formula is C16H24N2O2. The summed E-state index contributed by atoms with van der Waals surface area (Å²) in [4.78, 5) is 13.9. The molecule has 2 N–H and O–H groups in total. The Hall–Kier alpha value is -1.55. The Morgan fingerprint density at radius 2 is 1.95 bits per heavy atom. The number of rotatable bonds is 4. The summed E-state index contributed by atoms with van der Waals surface area (Å²) in [7, 11) is 1.70. The second-order valence-electron chi connectivity index (χ2n) is 5.39. The molecule has 1 aromatic carbocycles. The summed E-state index contributed by atoms with van der Waals surface area (Å²) in [5.41, 5.74) is 2.14. The Morgan fingerprint density at radius 3 is 2.45 bits per heavy atom. The second-order valence-corrected chi connectivity index (χ2v) is 5.39. The van der Waals surface area contributed by atoms with Gasteiger partial charge in [0.2, 0.25) is 5.91 Å². The molecule has 0 aliphatic carbocycles. The van der Waals surface area contributed by atoms with Gasteiger partial charge in [0, 0.05) is 31.7 Å². The van der Waals surface area contributed by atoms with E-state index in [4.69, 9.17) is 0 Å². The molecule has 20 heavy (non-hydrogen) atoms. The van der Waals surface area contributed by atoms with Crippen LogP contribution in [0.5, 0.6) is 0 Å². The molecule has 0 unspecified atom stereocenters. The first-order chi connectivity index (χ1) is 9.65. The van der Waals surface area contributed by atoms with E-state index in [1.165, 1.54) is 5.69 Å². The maximum Gasteiger partial charge on any atom is 0.222 e. The molecule has 4 nitrogen and oxygen atoms in total. The molecule has 2 rings (SSSR count). The van der Waals surface area contributed by atoms with Gasteiger partial charge in [-0.2, -0.15) is 0 Å². The van der Waals surface area contributed by atoms with E-state index in [9.17, 15) is 9.90 Å². The van der Waals surface area contributed by atoms with Crippen molar-refractivity contribution >= 4 is 11.6 Å². The lowest BCUT2D eigenvalue weighted by atomic mass is 9.95. The molecule has 1 aromatic rings. The molecule has 1 fully saturated rings. The number of carbonyl (C=O) groups excluding carboxylic acids is 1. The average molecular weight is 276 g/mol. The number of anilines is 1. The monoisotopic (exact) mass is 276 g/mol. The molecule has 110 valence electrons. The minimum atomic E-state index is -0.372. The van der Waals surface area contributed by atoms with E-state index in [1.54, 1.807) is 7.05 Å². The van der Waals surface area contributed by atoms with Gasteiger partial charge in [0.25, 0.3) is 0 Å². The third kappa shape index (κ3) is 3.31. The van der Waals surface area contributed by atoms with Crippen molar-refractivity contribution in [1.29, 1.82) is 0 Å². The van der Waals surface area contributed by atoms with E-state index in [0.717, 1.165) is 37.9 Å². The minimum Gasteiger partial charge on any atom is -0.388 e. The summed E-state index contributed by atoms with van der Waals surface area (Å²) in [5.74, 6) is 0.309. The zero-order valence-corrected chi connectivity index (χ0v) is 12.3. The maximum absolute atomic E-state index is 11.6. The Labute approximate surface area is 120 Å². The number of piperidine rings is 1. The summed E-state index contributed by atoms with van der Waals surface area (Å²) >= 11 is 0. The van der Waals surface area contributed by atoms with Crippen LogP contribution in [0.2, 0.25) is 0 Å². The van der Waals surface area contributed by atoms with Crippen LogP contribution in [-0.2, 0) is 4.79 Å². The molecule has 0 aromatic heterocycles. The molecule has 1 heterocycles. The lowest BCUT2D eigenvalue weighted by molar-refractivity contribution is -0.125. The lowest BCUT2D eigenvalue weighted by Crippen LogP contribution is -2.39. The number of nitrogens with zero attached hydrogens (tertiary/aromatic N) is 1. The predicted octanol–water partition coefficient (Wildman–Crippen LogP) is 2.09. The first-order valence-corrected chi connectivity index (χ1v) is 7.40. The summed E-state index contributed by atoms with van der Waals surface area (Å²) < 4.78 is 0. The van der Waals surface area contributed by atoms with Gasteiger partial charge < -0.3 is 15.3 Å². The largest absolute Gasteiger partial charge is 0.388 e. The first-order valence-electron chi connectivity index (χ1n) is 7.40. The first kappa shape index (κ1) is 14.9. The van der Waals surface area contributed by atoms with E-state index in [2.05, 4.69) is 22.3 Å². The molecule has 1 saturated heterocycles. The lowest BCUT2D eigenvalue weighted by Gasteiger charge is -2.33. The highest BCUT2D eigenvalue weighted by molar-refractivity contribution is 5.78. The Bertz CT molecular complexity index is 436. The zero-order valence-electron chi connectivity index (χ0n) is 12.3. The fourth-order valence-electron chi connectivity index (χ4n) is 2.75. The van der Waals surface area contributed by atoms with Crippen molar-refractivity contribution in [3.05, 3.63) is 29.8 Å². The van der Waals surface area contributed by atoms with Crippen molar-refractivity contribution < 1.29 is 9.90 Å². The Morgan fingerprint density at radius 1 is 1.35 bits per heavy atom. The van der Waals surface area contributed by atoms with E-state index in [-0.39, 0.29) is 17.9 Å². The number of carbonyl (C=O) groups is 1. The molecule has 1 aliphatic rings. The number of benzene rings is 1. The quantitative estimate of drug-likeness (QED) is 0.885. The highest BCUT2D eigenvalue weighted by Crippen LogP contribution is 2.25. The van der Waals surface area contributed by atoms with Crippen molar-refractivity contribution in [2.24, 2.45) is 5.92 Å². The van der Waals surface area contributed by atoms with Crippen molar-refractivity contribution in [2.45, 2.75) is 32.3 Å². The molecule has 1 amide bonds. The van der Waals surface area contributed by atoms with Crippen LogP contribution in [0.3, 0.4) is 0 Å². The van der Waals surface area contributed by atoms with Crippen LogP contribution in [0.15, 0.2) is 24.3 Å². The van der Waals surface area contributed by atoms with Crippen LogP contribution in [-0.4, -0.2) is 31.2 Å².